The van der Waals surface area contributed by atoms with Crippen molar-refractivity contribution in [2.45, 2.75) is 13.0 Å². The van der Waals surface area contributed by atoms with Crippen LogP contribution in [0.5, 0.6) is 0 Å². The van der Waals surface area contributed by atoms with Crippen molar-refractivity contribution in [1.82, 2.24) is 39.2 Å². The third-order valence-electron chi connectivity index (χ3n) is 6.36. The smallest absolute Gasteiger partial charge is 0.267 e. The van der Waals surface area contributed by atoms with E-state index in [2.05, 4.69) is 32.3 Å². The summed E-state index contributed by atoms with van der Waals surface area (Å²) in [5.74, 6) is 6.01. The molecule has 40 heavy (non-hydrogen) atoms. The first-order valence-corrected chi connectivity index (χ1v) is 12.4. The lowest BCUT2D eigenvalue weighted by molar-refractivity contribution is 0.0940. The summed E-state index contributed by atoms with van der Waals surface area (Å²) in [5, 5.41) is 11.7. The maximum Gasteiger partial charge on any atom is 0.267 e. The van der Waals surface area contributed by atoms with Crippen LogP contribution in [-0.4, -0.2) is 39.8 Å². The van der Waals surface area contributed by atoms with E-state index in [0.29, 0.717) is 39.3 Å². The molecule has 0 fully saturated rings. The van der Waals surface area contributed by atoms with Crippen LogP contribution in [0, 0.1) is 11.8 Å². The predicted molar refractivity (Wildman–Crippen MR) is 150 cm³/mol. The third kappa shape index (κ3) is 4.33. The van der Waals surface area contributed by atoms with Crippen LogP contribution in [0.15, 0.2) is 84.0 Å². The van der Waals surface area contributed by atoms with Crippen molar-refractivity contribution >= 4 is 28.3 Å². The molecule has 3 N–H and O–H groups in total. The van der Waals surface area contributed by atoms with E-state index < -0.39 is 11.9 Å². The molecule has 0 spiro atoms. The average Bonchev–Trinajstić information content (AvgIpc) is 3.53. The molecule has 0 aliphatic heterocycles. The number of carbonyl (C=O) groups is 1. The zero-order chi connectivity index (χ0) is 27.8. The lowest BCUT2D eigenvalue weighted by Gasteiger charge is -2.20. The van der Waals surface area contributed by atoms with Crippen molar-refractivity contribution in [1.29, 1.82) is 0 Å². The Kier molecular flexibility index (Phi) is 6.05. The van der Waals surface area contributed by atoms with Crippen molar-refractivity contribution < 1.29 is 4.79 Å². The lowest BCUT2D eigenvalue weighted by atomic mass is 10.1. The second kappa shape index (κ2) is 9.85. The minimum absolute atomic E-state index is 0.0476. The zero-order valence-corrected chi connectivity index (χ0v) is 21.6. The molecule has 11 nitrogen and oxygen atoms in total. The van der Waals surface area contributed by atoms with Gasteiger partial charge < -0.3 is 11.1 Å². The van der Waals surface area contributed by atoms with Crippen molar-refractivity contribution in [3.8, 4) is 17.5 Å². The van der Waals surface area contributed by atoms with E-state index in [0.717, 1.165) is 0 Å². The molecule has 4 heterocycles. The number of carbonyl (C=O) groups excluding carboxylic acids is 1. The summed E-state index contributed by atoms with van der Waals surface area (Å²) >= 11 is 0. The molecule has 6 rings (SSSR count). The number of nitrogen functional groups attached to an aromatic ring is 1. The van der Waals surface area contributed by atoms with E-state index in [1.807, 2.05) is 37.4 Å². The van der Waals surface area contributed by atoms with Crippen molar-refractivity contribution in [2.24, 2.45) is 7.05 Å². The molecule has 6 aromatic rings. The van der Waals surface area contributed by atoms with Gasteiger partial charge in [-0.1, -0.05) is 30.2 Å². The van der Waals surface area contributed by atoms with Gasteiger partial charge in [-0.15, -0.1) is 5.10 Å². The summed E-state index contributed by atoms with van der Waals surface area (Å²) in [6, 6.07) is 17.3. The quantitative estimate of drug-likeness (QED) is 0.335. The maximum absolute atomic E-state index is 14.1. The van der Waals surface area contributed by atoms with Gasteiger partial charge >= 0.3 is 0 Å². The predicted octanol–water partition coefficient (Wildman–Crippen LogP) is 2.63. The molecule has 0 saturated heterocycles. The Balaban J connectivity index is 1.48. The van der Waals surface area contributed by atoms with Gasteiger partial charge in [-0.2, -0.15) is 5.10 Å². The van der Waals surface area contributed by atoms with Gasteiger partial charge in [0.1, 0.15) is 17.1 Å². The number of anilines is 1. The van der Waals surface area contributed by atoms with Crippen LogP contribution >= 0.6 is 0 Å². The third-order valence-corrected chi connectivity index (χ3v) is 6.36. The normalized spacial score (nSPS) is 11.8. The van der Waals surface area contributed by atoms with Gasteiger partial charge in [0.2, 0.25) is 0 Å². The van der Waals surface area contributed by atoms with Gasteiger partial charge in [-0.3, -0.25) is 18.8 Å². The molecule has 2 aromatic carbocycles. The fourth-order valence-electron chi connectivity index (χ4n) is 4.54. The fraction of sp³-hybridized carbons (Fsp3) is 0.103. The molecule has 1 amide bonds. The molecule has 0 bridgehead atoms. The van der Waals surface area contributed by atoms with Gasteiger partial charge in [0.15, 0.2) is 11.5 Å². The summed E-state index contributed by atoms with van der Waals surface area (Å²) in [7, 11) is 1.81. The van der Waals surface area contributed by atoms with Gasteiger partial charge in [0.05, 0.1) is 22.6 Å². The SMILES string of the molecule is C[C@H](NC(=O)c1c(N)nn2cccnc12)c1nc2cccc(C#Cc3ccn(C)n3)c2c(=O)n1-c1ccccc1. The monoisotopic (exact) mass is 529 g/mol. The van der Waals surface area contributed by atoms with Crippen LogP contribution in [0.2, 0.25) is 0 Å². The maximum atomic E-state index is 14.1. The Morgan fingerprint density at radius 1 is 1.00 bits per heavy atom. The highest BCUT2D eigenvalue weighted by Gasteiger charge is 2.24. The Morgan fingerprint density at radius 3 is 2.60 bits per heavy atom. The number of fused-ring (bicyclic) bond motifs is 2. The molecule has 0 aliphatic carbocycles. The number of para-hydroxylation sites is 1. The van der Waals surface area contributed by atoms with Gasteiger partial charge in [-0.05, 0) is 49.2 Å². The number of amides is 1. The van der Waals surface area contributed by atoms with Gasteiger partial charge in [0.25, 0.3) is 11.5 Å². The van der Waals surface area contributed by atoms with E-state index in [9.17, 15) is 9.59 Å². The van der Waals surface area contributed by atoms with Gasteiger partial charge in [-0.25, -0.2) is 14.5 Å². The van der Waals surface area contributed by atoms with Crippen LogP contribution in [0.3, 0.4) is 0 Å². The first-order valence-electron chi connectivity index (χ1n) is 12.4. The molecule has 0 unspecified atom stereocenters. The molecule has 0 radical (unpaired) electrons. The van der Waals surface area contributed by atoms with E-state index in [1.165, 1.54) is 9.08 Å². The molecule has 11 heteroatoms. The van der Waals surface area contributed by atoms with E-state index in [1.54, 1.807) is 60.5 Å². The van der Waals surface area contributed by atoms with Crippen LogP contribution < -0.4 is 16.6 Å². The second-order valence-electron chi connectivity index (χ2n) is 9.11. The topological polar surface area (TPSA) is 138 Å². The number of nitrogens with one attached hydrogen (secondary N) is 1. The van der Waals surface area contributed by atoms with Crippen molar-refractivity contribution in [2.75, 3.05) is 5.73 Å². The molecular formula is C29H23N9O2. The largest absolute Gasteiger partial charge is 0.381 e. The average molecular weight is 530 g/mol. The highest BCUT2D eigenvalue weighted by molar-refractivity contribution is 6.04. The molecule has 196 valence electrons. The number of nitrogens with zero attached hydrogens (tertiary/aromatic N) is 7. The number of rotatable bonds is 4. The molecular weight excluding hydrogens is 506 g/mol. The fourth-order valence-corrected chi connectivity index (χ4v) is 4.54. The summed E-state index contributed by atoms with van der Waals surface area (Å²) in [5.41, 5.74) is 8.39. The molecule has 4 aromatic heterocycles. The first-order chi connectivity index (χ1) is 19.4. The summed E-state index contributed by atoms with van der Waals surface area (Å²) in [4.78, 5) is 36.6. The van der Waals surface area contributed by atoms with Crippen LogP contribution in [-0.2, 0) is 7.05 Å². The molecule has 0 aliphatic rings. The van der Waals surface area contributed by atoms with E-state index >= 15 is 0 Å². The summed E-state index contributed by atoms with van der Waals surface area (Å²) in [6.45, 7) is 1.75. The molecule has 1 atom stereocenters. The van der Waals surface area contributed by atoms with E-state index in [4.69, 9.17) is 10.7 Å². The number of aromatic nitrogens is 7. The number of benzene rings is 2. The number of nitrogens with two attached hydrogens (primary N) is 1. The summed E-state index contributed by atoms with van der Waals surface area (Å²) < 4.78 is 4.60. The van der Waals surface area contributed by atoms with Crippen molar-refractivity contribution in [3.63, 3.8) is 0 Å². The highest BCUT2D eigenvalue weighted by Crippen LogP contribution is 2.22. The first kappa shape index (κ1) is 24.6. The number of hydrogen-bond acceptors (Lipinski definition) is 7. The summed E-state index contributed by atoms with van der Waals surface area (Å²) in [6.07, 6.45) is 5.02. The minimum atomic E-state index is -0.689. The lowest BCUT2D eigenvalue weighted by Crippen LogP contribution is -2.33. The number of hydrogen-bond donors (Lipinski definition) is 2. The van der Waals surface area contributed by atoms with E-state index in [-0.39, 0.29) is 16.9 Å². The number of aryl methyl sites for hydroxylation is 1. The van der Waals surface area contributed by atoms with Crippen LogP contribution in [0.25, 0.3) is 22.2 Å². The molecule has 0 saturated carbocycles. The second-order valence-corrected chi connectivity index (χ2v) is 9.11. The van der Waals surface area contributed by atoms with Crippen LogP contribution in [0.1, 0.15) is 40.4 Å². The van der Waals surface area contributed by atoms with Crippen molar-refractivity contribution in [3.05, 3.63) is 112 Å². The Morgan fingerprint density at radius 2 is 1.82 bits per heavy atom. The van der Waals surface area contributed by atoms with Crippen LogP contribution in [0.4, 0.5) is 5.82 Å². The Bertz CT molecular complexity index is 2030. The Hall–Kier alpha value is -5.76. The Labute approximate surface area is 227 Å². The highest BCUT2D eigenvalue weighted by atomic mass is 16.2. The van der Waals surface area contributed by atoms with Gasteiger partial charge in [0, 0.05) is 31.2 Å². The minimum Gasteiger partial charge on any atom is -0.381 e. The standard InChI is InChI=1S/C29H23N9O2/c1-18(32-28(39)24-25(30)35-37-16-7-15-31-27(24)37)26-33-22-11-6-8-19(12-13-20-14-17-36(2)34-20)23(22)29(40)38(26)21-9-4-3-5-10-21/h3-11,14-18H,1-2H3,(H2,30,35)(H,32,39)/t18-/m0/s1. The zero-order valence-electron chi connectivity index (χ0n) is 21.6.